The number of rotatable bonds is 6. The number of hydrogen-bond donors (Lipinski definition) is 2. The van der Waals surface area contributed by atoms with Gasteiger partial charge in [0.05, 0.1) is 6.04 Å². The van der Waals surface area contributed by atoms with Crippen LogP contribution in [0.1, 0.15) is 35.4 Å². The molecule has 1 heterocycles. The first-order valence-corrected chi connectivity index (χ1v) is 7.20. The molecular weight excluding hydrogens is 322 g/mol. The van der Waals surface area contributed by atoms with Gasteiger partial charge in [0.15, 0.2) is 0 Å². The minimum Gasteiger partial charge on any atom is -0.434 e. The second kappa shape index (κ2) is 7.58. The summed E-state index contributed by atoms with van der Waals surface area (Å²) in [5.41, 5.74) is -0.637. The molecule has 8 heteroatoms. The molecule has 1 aromatic carbocycles. The van der Waals surface area contributed by atoms with Crippen molar-refractivity contribution in [1.82, 2.24) is 10.0 Å². The Labute approximate surface area is 136 Å². The molecule has 2 aromatic rings. The number of aromatic nitrogens is 1. The summed E-state index contributed by atoms with van der Waals surface area (Å²) in [5, 5.41) is 12.2. The fourth-order valence-electron chi connectivity index (χ4n) is 2.26. The van der Waals surface area contributed by atoms with Crippen molar-refractivity contribution in [2.45, 2.75) is 26.0 Å². The van der Waals surface area contributed by atoms with Gasteiger partial charge in [-0.25, -0.2) is 0 Å². The van der Waals surface area contributed by atoms with Crippen molar-refractivity contribution >= 4 is 5.91 Å². The van der Waals surface area contributed by atoms with Crippen LogP contribution >= 0.6 is 0 Å². The van der Waals surface area contributed by atoms with Crippen LogP contribution in [0, 0.1) is 0 Å². The number of para-hydroxylation sites is 1. The first-order chi connectivity index (χ1) is 11.4. The molecule has 0 saturated heterocycles. The van der Waals surface area contributed by atoms with Crippen molar-refractivity contribution in [3.05, 3.63) is 64.1 Å². The molecule has 0 radical (unpaired) electrons. The molecule has 0 aliphatic heterocycles. The lowest BCUT2D eigenvalue weighted by molar-refractivity contribution is -0.0506. The number of ether oxygens (including phenoxy) is 1. The highest BCUT2D eigenvalue weighted by atomic mass is 19.3. The van der Waals surface area contributed by atoms with E-state index in [4.69, 9.17) is 0 Å². The van der Waals surface area contributed by atoms with Gasteiger partial charge in [0.2, 0.25) is 0 Å². The van der Waals surface area contributed by atoms with E-state index in [1.807, 2.05) is 0 Å². The first kappa shape index (κ1) is 17.5. The summed E-state index contributed by atoms with van der Waals surface area (Å²) >= 11 is 0. The molecule has 0 unspecified atom stereocenters. The van der Waals surface area contributed by atoms with Gasteiger partial charge in [-0.05, 0) is 18.6 Å². The number of pyridine rings is 1. The first-order valence-electron chi connectivity index (χ1n) is 7.20. The lowest BCUT2D eigenvalue weighted by Crippen LogP contribution is -2.33. The fraction of sp³-hybridized carbons (Fsp3) is 0.250. The van der Waals surface area contributed by atoms with E-state index in [2.05, 4.69) is 10.1 Å². The number of carbonyl (C=O) groups excluding carboxylic acids is 1. The van der Waals surface area contributed by atoms with Crippen molar-refractivity contribution in [2.75, 3.05) is 0 Å². The van der Waals surface area contributed by atoms with Gasteiger partial charge in [-0.1, -0.05) is 31.2 Å². The predicted molar refractivity (Wildman–Crippen MR) is 81.5 cm³/mol. The number of carbonyl (C=O) groups is 1. The summed E-state index contributed by atoms with van der Waals surface area (Å²) in [7, 11) is 0. The SMILES string of the molecule is CC[C@H](NC(=O)c1cccc(=O)n1O)c1ccccc1OC(F)F. The number of benzene rings is 1. The maximum Gasteiger partial charge on any atom is 0.387 e. The summed E-state index contributed by atoms with van der Waals surface area (Å²) in [4.78, 5) is 23.6. The van der Waals surface area contributed by atoms with Crippen molar-refractivity contribution < 1.29 is 23.5 Å². The minimum absolute atomic E-state index is 0.0471. The van der Waals surface area contributed by atoms with Crippen LogP contribution in [-0.2, 0) is 0 Å². The molecule has 0 aliphatic carbocycles. The van der Waals surface area contributed by atoms with Gasteiger partial charge in [-0.2, -0.15) is 8.78 Å². The Morgan fingerprint density at radius 1 is 1.25 bits per heavy atom. The van der Waals surface area contributed by atoms with E-state index < -0.39 is 24.1 Å². The number of alkyl halides is 2. The maximum atomic E-state index is 12.5. The number of nitrogens with zero attached hydrogens (tertiary/aromatic N) is 1. The number of amides is 1. The summed E-state index contributed by atoms with van der Waals surface area (Å²) in [6, 6.07) is 9.17. The zero-order chi connectivity index (χ0) is 17.7. The Morgan fingerprint density at radius 3 is 2.62 bits per heavy atom. The Hall–Kier alpha value is -2.90. The van der Waals surface area contributed by atoms with E-state index in [9.17, 15) is 23.6 Å². The minimum atomic E-state index is -2.99. The average molecular weight is 338 g/mol. The van der Waals surface area contributed by atoms with Gasteiger partial charge in [0.25, 0.3) is 11.5 Å². The second-order valence-corrected chi connectivity index (χ2v) is 4.91. The highest BCUT2D eigenvalue weighted by molar-refractivity contribution is 5.92. The van der Waals surface area contributed by atoms with E-state index >= 15 is 0 Å². The highest BCUT2D eigenvalue weighted by Crippen LogP contribution is 2.28. The van der Waals surface area contributed by atoms with Crippen LogP contribution in [0.4, 0.5) is 8.78 Å². The van der Waals surface area contributed by atoms with Crippen molar-refractivity contribution in [3.8, 4) is 5.75 Å². The zero-order valence-electron chi connectivity index (χ0n) is 12.8. The number of hydrogen-bond acceptors (Lipinski definition) is 4. The molecule has 1 amide bonds. The van der Waals surface area contributed by atoms with Crippen LogP contribution in [0.3, 0.4) is 0 Å². The van der Waals surface area contributed by atoms with E-state index in [1.165, 1.54) is 18.2 Å². The quantitative estimate of drug-likeness (QED) is 0.793. The molecule has 128 valence electrons. The molecule has 1 aromatic heterocycles. The van der Waals surface area contributed by atoms with Gasteiger partial charge in [-0.3, -0.25) is 9.59 Å². The third-order valence-electron chi connectivity index (χ3n) is 3.39. The second-order valence-electron chi connectivity index (χ2n) is 4.91. The maximum absolute atomic E-state index is 12.5. The summed E-state index contributed by atoms with van der Waals surface area (Å²) in [6.45, 7) is -1.24. The van der Waals surface area contributed by atoms with Crippen LogP contribution in [-0.4, -0.2) is 22.5 Å². The molecule has 2 rings (SSSR count). The van der Waals surface area contributed by atoms with Crippen LogP contribution in [0.2, 0.25) is 0 Å². The van der Waals surface area contributed by atoms with Gasteiger partial charge in [0, 0.05) is 11.6 Å². The molecule has 1 atom stereocenters. The van der Waals surface area contributed by atoms with Gasteiger partial charge in [-0.15, -0.1) is 4.73 Å². The van der Waals surface area contributed by atoms with Gasteiger partial charge >= 0.3 is 6.61 Å². The van der Waals surface area contributed by atoms with E-state index in [0.717, 1.165) is 6.07 Å². The summed E-state index contributed by atoms with van der Waals surface area (Å²) in [5.74, 6) is -0.761. The Bertz CT molecular complexity index is 777. The van der Waals surface area contributed by atoms with Crippen LogP contribution < -0.4 is 15.6 Å². The standard InChI is InChI=1S/C16H16F2N2O4/c1-2-11(10-6-3-4-8-13(10)24-16(17)18)19-15(22)12-7-5-9-14(21)20(12)23/h3-9,11,16,23H,2H2,1H3,(H,19,22)/t11-/m0/s1. The van der Waals surface area contributed by atoms with Crippen LogP contribution in [0.5, 0.6) is 5.75 Å². The normalized spacial score (nSPS) is 12.0. The van der Waals surface area contributed by atoms with Crippen LogP contribution in [0.15, 0.2) is 47.3 Å². The Morgan fingerprint density at radius 2 is 1.96 bits per heavy atom. The third kappa shape index (κ3) is 3.89. The molecular formula is C16H16F2N2O4. The van der Waals surface area contributed by atoms with E-state index in [-0.39, 0.29) is 16.2 Å². The lowest BCUT2D eigenvalue weighted by Gasteiger charge is -2.20. The molecule has 0 bridgehead atoms. The smallest absolute Gasteiger partial charge is 0.387 e. The molecule has 6 nitrogen and oxygen atoms in total. The molecule has 0 saturated carbocycles. The van der Waals surface area contributed by atoms with Gasteiger partial charge in [0.1, 0.15) is 11.4 Å². The lowest BCUT2D eigenvalue weighted by atomic mass is 10.0. The highest BCUT2D eigenvalue weighted by Gasteiger charge is 2.21. The van der Waals surface area contributed by atoms with E-state index in [0.29, 0.717) is 12.0 Å². The Balaban J connectivity index is 2.28. The molecule has 0 fully saturated rings. The third-order valence-corrected chi connectivity index (χ3v) is 3.39. The molecule has 2 N–H and O–H groups in total. The Kier molecular flexibility index (Phi) is 5.51. The fourth-order valence-corrected chi connectivity index (χ4v) is 2.26. The monoisotopic (exact) mass is 338 g/mol. The van der Waals surface area contributed by atoms with E-state index in [1.54, 1.807) is 25.1 Å². The van der Waals surface area contributed by atoms with Crippen LogP contribution in [0.25, 0.3) is 0 Å². The molecule has 0 spiro atoms. The summed E-state index contributed by atoms with van der Waals surface area (Å²) < 4.78 is 29.7. The molecule has 24 heavy (non-hydrogen) atoms. The predicted octanol–water partition coefficient (Wildman–Crippen LogP) is 2.57. The van der Waals surface area contributed by atoms with Crippen molar-refractivity contribution in [3.63, 3.8) is 0 Å². The van der Waals surface area contributed by atoms with Crippen molar-refractivity contribution in [1.29, 1.82) is 0 Å². The number of nitrogens with one attached hydrogen (secondary N) is 1. The zero-order valence-corrected chi connectivity index (χ0v) is 12.8. The largest absolute Gasteiger partial charge is 0.434 e. The number of halogens is 2. The van der Waals surface area contributed by atoms with Gasteiger partial charge < -0.3 is 15.3 Å². The van der Waals surface area contributed by atoms with Crippen molar-refractivity contribution in [2.24, 2.45) is 0 Å². The summed E-state index contributed by atoms with van der Waals surface area (Å²) in [6.07, 6.45) is 0.387. The molecule has 0 aliphatic rings. The average Bonchev–Trinajstić information content (AvgIpc) is 2.55. The topological polar surface area (TPSA) is 80.6 Å².